The molecule has 2 saturated carbocycles. The number of halogens is 9. The Bertz CT molecular complexity index is 1400. The van der Waals surface area contributed by atoms with Crippen LogP contribution >= 0.6 is 0 Å². The lowest BCUT2D eigenvalue weighted by molar-refractivity contribution is -0.361. The molecule has 0 unspecified atom stereocenters. The van der Waals surface area contributed by atoms with E-state index in [9.17, 15) is 30.7 Å². The summed E-state index contributed by atoms with van der Waals surface area (Å²) in [6.45, 7) is 0. The van der Waals surface area contributed by atoms with Crippen LogP contribution in [0.25, 0.3) is 22.3 Å². The van der Waals surface area contributed by atoms with Crippen molar-refractivity contribution >= 4 is 0 Å². The van der Waals surface area contributed by atoms with Crippen molar-refractivity contribution in [2.75, 3.05) is 0 Å². The molecule has 0 bridgehead atoms. The zero-order valence-electron chi connectivity index (χ0n) is 22.5. The predicted octanol–water partition coefficient (Wildman–Crippen LogP) is 11.0. The van der Waals surface area contributed by atoms with E-state index in [-0.39, 0.29) is 22.6 Å². The highest BCUT2D eigenvalue weighted by Crippen LogP contribution is 2.44. The van der Waals surface area contributed by atoms with Crippen LogP contribution in [-0.2, 0) is 0 Å². The number of ether oxygens (including phenoxy) is 1. The molecule has 226 valence electrons. The minimum absolute atomic E-state index is 0.0245. The average molecular weight is 601 g/mol. The van der Waals surface area contributed by atoms with Crippen molar-refractivity contribution in [2.45, 2.75) is 76.0 Å². The Morgan fingerprint density at radius 1 is 0.524 bits per heavy atom. The molecule has 5 rings (SSSR count). The van der Waals surface area contributed by atoms with Gasteiger partial charge in [-0.1, -0.05) is 68.5 Å². The molecule has 3 aromatic rings. The van der Waals surface area contributed by atoms with Gasteiger partial charge in [0.1, 0.15) is 0 Å². The van der Waals surface area contributed by atoms with E-state index in [1.807, 2.05) is 0 Å². The Labute approximate surface area is 237 Å². The van der Waals surface area contributed by atoms with Gasteiger partial charge in [0.15, 0.2) is 23.2 Å². The molecule has 10 heteroatoms. The zero-order valence-corrected chi connectivity index (χ0v) is 22.5. The maximum absolute atomic E-state index is 15.3. The summed E-state index contributed by atoms with van der Waals surface area (Å²) in [5.41, 5.74) is 0.159. The fourth-order valence-electron chi connectivity index (χ4n) is 6.47. The van der Waals surface area contributed by atoms with E-state index in [1.165, 1.54) is 62.4 Å². The third-order valence-electron chi connectivity index (χ3n) is 8.76. The van der Waals surface area contributed by atoms with Gasteiger partial charge in [-0.15, -0.1) is 0 Å². The van der Waals surface area contributed by atoms with E-state index in [4.69, 9.17) is 0 Å². The van der Waals surface area contributed by atoms with Gasteiger partial charge in [-0.25, -0.2) is 13.2 Å². The molecule has 2 aliphatic rings. The minimum atomic E-state index is -6.13. The Balaban J connectivity index is 1.31. The Kier molecular flexibility index (Phi) is 8.54. The van der Waals surface area contributed by atoms with E-state index in [0.29, 0.717) is 17.5 Å². The van der Waals surface area contributed by atoms with Crippen LogP contribution in [0.5, 0.6) is 5.75 Å². The lowest BCUT2D eigenvalue weighted by atomic mass is 9.70. The molecule has 1 nitrogen and oxygen atoms in total. The van der Waals surface area contributed by atoms with Gasteiger partial charge in [0.05, 0.1) is 0 Å². The number of hydrogen-bond acceptors (Lipinski definition) is 1. The molecule has 3 aromatic carbocycles. The highest BCUT2D eigenvalue weighted by atomic mass is 19.4. The first-order valence-corrected chi connectivity index (χ1v) is 14.1. The minimum Gasteiger partial charge on any atom is -0.423 e. The summed E-state index contributed by atoms with van der Waals surface area (Å²) in [5, 5.41) is 0. The topological polar surface area (TPSA) is 9.23 Å². The van der Waals surface area contributed by atoms with Crippen LogP contribution in [0.4, 0.5) is 39.5 Å². The molecule has 0 heterocycles. The molecule has 0 atom stereocenters. The third-order valence-corrected chi connectivity index (χ3v) is 8.76. The van der Waals surface area contributed by atoms with Crippen molar-refractivity contribution in [2.24, 2.45) is 11.8 Å². The van der Waals surface area contributed by atoms with Crippen LogP contribution < -0.4 is 4.74 Å². The van der Waals surface area contributed by atoms with E-state index in [1.54, 1.807) is 6.07 Å². The molecule has 0 aliphatic heterocycles. The van der Waals surface area contributed by atoms with Crippen molar-refractivity contribution in [3.05, 3.63) is 77.4 Å². The van der Waals surface area contributed by atoms with Crippen molar-refractivity contribution in [1.82, 2.24) is 0 Å². The van der Waals surface area contributed by atoms with Crippen LogP contribution in [0, 0.1) is 35.1 Å². The van der Waals surface area contributed by atoms with Gasteiger partial charge in [-0.3, -0.25) is 0 Å². The molecule has 0 radical (unpaired) electrons. The van der Waals surface area contributed by atoms with E-state index in [2.05, 4.69) is 4.74 Å². The normalized spacial score (nSPS) is 20.5. The van der Waals surface area contributed by atoms with E-state index >= 15 is 8.78 Å². The maximum atomic E-state index is 15.3. The monoisotopic (exact) mass is 600 g/mol. The molecule has 0 spiro atoms. The molecule has 0 saturated heterocycles. The van der Waals surface area contributed by atoms with E-state index in [0.717, 1.165) is 37.7 Å². The summed E-state index contributed by atoms with van der Waals surface area (Å²) in [7, 11) is 0. The van der Waals surface area contributed by atoms with Gasteiger partial charge >= 0.3 is 12.3 Å². The van der Waals surface area contributed by atoms with Crippen molar-refractivity contribution in [3.63, 3.8) is 0 Å². The first-order valence-electron chi connectivity index (χ1n) is 14.1. The summed E-state index contributed by atoms with van der Waals surface area (Å²) >= 11 is 0. The summed E-state index contributed by atoms with van der Waals surface area (Å²) < 4.78 is 126. The van der Waals surface area contributed by atoms with Crippen LogP contribution in [0.2, 0.25) is 0 Å². The van der Waals surface area contributed by atoms with Crippen molar-refractivity contribution < 1.29 is 44.3 Å². The predicted molar refractivity (Wildman–Crippen MR) is 140 cm³/mol. The third kappa shape index (κ3) is 5.99. The van der Waals surface area contributed by atoms with E-state index < -0.39 is 46.9 Å². The fraction of sp³-hybridized carbons (Fsp3) is 0.438. The molecule has 42 heavy (non-hydrogen) atoms. The highest BCUT2D eigenvalue weighted by molar-refractivity contribution is 5.72. The number of alkyl halides is 5. The molecule has 0 N–H and O–H groups in total. The van der Waals surface area contributed by atoms with Gasteiger partial charge in [0, 0.05) is 11.1 Å². The van der Waals surface area contributed by atoms with Crippen LogP contribution in [0.1, 0.15) is 69.3 Å². The van der Waals surface area contributed by atoms with Gasteiger partial charge in [0.25, 0.3) is 0 Å². The molecule has 0 aromatic heterocycles. The number of rotatable bonds is 6. The fourth-order valence-corrected chi connectivity index (χ4v) is 6.47. The van der Waals surface area contributed by atoms with Crippen LogP contribution in [0.3, 0.4) is 0 Å². The number of benzene rings is 3. The quantitative estimate of drug-likeness (QED) is 0.256. The second-order valence-electron chi connectivity index (χ2n) is 11.3. The highest BCUT2D eigenvalue weighted by Gasteiger charge is 2.61. The van der Waals surface area contributed by atoms with Crippen LogP contribution in [0.15, 0.2) is 48.5 Å². The molecule has 2 aliphatic carbocycles. The van der Waals surface area contributed by atoms with Crippen molar-refractivity contribution in [3.8, 4) is 28.0 Å². The summed E-state index contributed by atoms with van der Waals surface area (Å²) in [6.07, 6.45) is -1.87. The largest absolute Gasteiger partial charge is 0.499 e. The molecule has 0 amide bonds. The standard InChI is InChI=1S/C32H29F9O/c33-27-23(20-8-6-19(7-9-20)18-4-2-1-3-5-18)14-15-24(28(27)34)21-10-12-22(13-11-21)25-16-17-26(30(36)29(25)35)42-32(40,41)31(37,38)39/h10-20H,1-9H2. The first-order chi connectivity index (χ1) is 19.9. The molecule has 2 fully saturated rings. The summed E-state index contributed by atoms with van der Waals surface area (Å²) in [6, 6.07) is 9.57. The summed E-state index contributed by atoms with van der Waals surface area (Å²) in [5.74, 6) is -5.95. The molecular formula is C32H29F9O. The smallest absolute Gasteiger partial charge is 0.423 e. The lowest BCUT2D eigenvalue weighted by Crippen LogP contribution is -2.42. The Morgan fingerprint density at radius 2 is 1.02 bits per heavy atom. The number of hydrogen-bond donors (Lipinski definition) is 0. The van der Waals surface area contributed by atoms with Gasteiger partial charge in [-0.2, -0.15) is 26.3 Å². The zero-order chi connectivity index (χ0) is 30.2. The lowest BCUT2D eigenvalue weighted by Gasteiger charge is -2.36. The van der Waals surface area contributed by atoms with Crippen LogP contribution in [-0.4, -0.2) is 12.3 Å². The SMILES string of the molecule is Fc1c(OC(F)(F)C(F)(F)F)ccc(-c2ccc(-c3ccc(C4CCC(C5CCCCC5)CC4)c(F)c3F)cc2)c1F. The van der Waals surface area contributed by atoms with Gasteiger partial charge < -0.3 is 4.74 Å². The van der Waals surface area contributed by atoms with Gasteiger partial charge in [0.2, 0.25) is 5.82 Å². The Morgan fingerprint density at radius 3 is 1.57 bits per heavy atom. The maximum Gasteiger partial charge on any atom is 0.499 e. The van der Waals surface area contributed by atoms with Crippen molar-refractivity contribution in [1.29, 1.82) is 0 Å². The summed E-state index contributed by atoms with van der Waals surface area (Å²) in [4.78, 5) is 0. The second kappa shape index (κ2) is 11.8. The second-order valence-corrected chi connectivity index (χ2v) is 11.3. The Hall–Kier alpha value is -3.17. The molecular weight excluding hydrogens is 571 g/mol. The average Bonchev–Trinajstić information content (AvgIpc) is 2.97. The van der Waals surface area contributed by atoms with Gasteiger partial charge in [-0.05, 0) is 72.3 Å². The first kappa shape index (κ1) is 30.3.